The van der Waals surface area contributed by atoms with Gasteiger partial charge in [0.25, 0.3) is 0 Å². The summed E-state index contributed by atoms with van der Waals surface area (Å²) in [6, 6.07) is 10.0. The summed E-state index contributed by atoms with van der Waals surface area (Å²) in [5.74, 6) is -0.154. The first kappa shape index (κ1) is 15.7. The highest BCUT2D eigenvalue weighted by Crippen LogP contribution is 2.31. The van der Waals surface area contributed by atoms with Gasteiger partial charge in [-0.2, -0.15) is 0 Å². The maximum atomic E-state index is 14.3. The van der Waals surface area contributed by atoms with Crippen LogP contribution in [0.3, 0.4) is 0 Å². The van der Waals surface area contributed by atoms with E-state index in [0.717, 1.165) is 28.8 Å². The molecule has 0 aromatic heterocycles. The maximum absolute atomic E-state index is 14.3. The van der Waals surface area contributed by atoms with E-state index in [1.54, 1.807) is 6.07 Å². The van der Waals surface area contributed by atoms with Crippen molar-refractivity contribution in [1.82, 2.24) is 5.32 Å². The number of hydrogen-bond acceptors (Lipinski definition) is 1. The molecule has 2 heteroatoms. The first-order valence-electron chi connectivity index (χ1n) is 7.48. The van der Waals surface area contributed by atoms with E-state index in [-0.39, 0.29) is 5.82 Å². The Morgan fingerprint density at radius 3 is 2.19 bits per heavy atom. The van der Waals surface area contributed by atoms with Crippen molar-refractivity contribution < 1.29 is 4.39 Å². The molecule has 2 aromatic carbocycles. The van der Waals surface area contributed by atoms with Gasteiger partial charge >= 0.3 is 0 Å². The Balaban J connectivity index is 2.46. The average Bonchev–Trinajstić information content (AvgIpc) is 2.38. The number of halogens is 1. The van der Waals surface area contributed by atoms with Crippen molar-refractivity contribution in [1.29, 1.82) is 0 Å². The number of nitrogens with one attached hydrogen (secondary N) is 1. The van der Waals surface area contributed by atoms with Crippen LogP contribution in [0.1, 0.15) is 36.1 Å². The van der Waals surface area contributed by atoms with Crippen LogP contribution >= 0.6 is 0 Å². The fourth-order valence-electron chi connectivity index (χ4n) is 2.80. The summed E-state index contributed by atoms with van der Waals surface area (Å²) in [5, 5.41) is 3.38. The monoisotopic (exact) mass is 285 g/mol. The molecule has 2 rings (SSSR count). The molecular formula is C19H24FN. The lowest BCUT2D eigenvalue weighted by molar-refractivity contribution is 0.586. The smallest absolute Gasteiger partial charge is 0.131 e. The van der Waals surface area contributed by atoms with Gasteiger partial charge in [0.1, 0.15) is 5.82 Å². The Morgan fingerprint density at radius 2 is 1.62 bits per heavy atom. The first-order chi connectivity index (χ1) is 9.88. The highest BCUT2D eigenvalue weighted by molar-refractivity contribution is 5.72. The molecule has 0 fully saturated rings. The van der Waals surface area contributed by atoms with Gasteiger partial charge in [0.15, 0.2) is 0 Å². The topological polar surface area (TPSA) is 12.0 Å². The Morgan fingerprint density at radius 1 is 1.00 bits per heavy atom. The van der Waals surface area contributed by atoms with E-state index >= 15 is 0 Å². The summed E-state index contributed by atoms with van der Waals surface area (Å²) in [4.78, 5) is 0. The van der Waals surface area contributed by atoms with Crippen LogP contribution < -0.4 is 5.32 Å². The normalized spacial score (nSPS) is 11.2. The Bertz CT molecular complexity index is 621. The van der Waals surface area contributed by atoms with Gasteiger partial charge in [-0.3, -0.25) is 0 Å². The molecule has 0 aliphatic heterocycles. The van der Waals surface area contributed by atoms with Crippen molar-refractivity contribution in [2.45, 2.75) is 47.2 Å². The number of benzene rings is 2. The summed E-state index contributed by atoms with van der Waals surface area (Å²) in [6.07, 6.45) is 0. The van der Waals surface area contributed by atoms with E-state index in [4.69, 9.17) is 0 Å². The standard InChI is InChI=1S/C19H24FN/c1-12(2)21-11-16-6-7-18(20)17(10-16)19-14(4)8-13(3)9-15(19)5/h6-10,12,21H,11H2,1-5H3. The van der Waals surface area contributed by atoms with E-state index in [9.17, 15) is 4.39 Å². The molecule has 0 spiro atoms. The third-order valence-electron chi connectivity index (χ3n) is 3.69. The fourth-order valence-corrected chi connectivity index (χ4v) is 2.80. The summed E-state index contributed by atoms with van der Waals surface area (Å²) in [7, 11) is 0. The molecule has 0 aliphatic rings. The molecule has 0 bridgehead atoms. The molecule has 0 saturated carbocycles. The lowest BCUT2D eigenvalue weighted by Gasteiger charge is -2.15. The fraction of sp³-hybridized carbons (Fsp3) is 0.368. The molecule has 0 aliphatic carbocycles. The third-order valence-corrected chi connectivity index (χ3v) is 3.69. The molecule has 0 amide bonds. The zero-order chi connectivity index (χ0) is 15.6. The lowest BCUT2D eigenvalue weighted by Crippen LogP contribution is -2.21. The Hall–Kier alpha value is -1.67. The van der Waals surface area contributed by atoms with E-state index in [1.165, 1.54) is 5.56 Å². The summed E-state index contributed by atoms with van der Waals surface area (Å²) >= 11 is 0. The van der Waals surface area contributed by atoms with Crippen LogP contribution in [-0.2, 0) is 6.54 Å². The number of rotatable bonds is 4. The van der Waals surface area contributed by atoms with Crippen molar-refractivity contribution in [3.63, 3.8) is 0 Å². The van der Waals surface area contributed by atoms with Crippen LogP contribution in [0.5, 0.6) is 0 Å². The van der Waals surface area contributed by atoms with Crippen LogP contribution in [0, 0.1) is 26.6 Å². The van der Waals surface area contributed by atoms with Gasteiger partial charge < -0.3 is 5.32 Å². The SMILES string of the molecule is Cc1cc(C)c(-c2cc(CNC(C)C)ccc2F)c(C)c1. The number of hydrogen-bond donors (Lipinski definition) is 1. The molecule has 1 N–H and O–H groups in total. The zero-order valence-electron chi connectivity index (χ0n) is 13.5. The largest absolute Gasteiger partial charge is 0.310 e. The van der Waals surface area contributed by atoms with Crippen LogP contribution in [0.2, 0.25) is 0 Å². The minimum Gasteiger partial charge on any atom is -0.310 e. The minimum absolute atomic E-state index is 0.154. The molecule has 2 aromatic rings. The molecule has 112 valence electrons. The van der Waals surface area contributed by atoms with Gasteiger partial charge in [-0.15, -0.1) is 0 Å². The molecular weight excluding hydrogens is 261 g/mol. The van der Waals surface area contributed by atoms with Crippen LogP contribution in [0.4, 0.5) is 4.39 Å². The first-order valence-corrected chi connectivity index (χ1v) is 7.48. The third kappa shape index (κ3) is 3.70. The predicted octanol–water partition coefficient (Wildman–Crippen LogP) is 4.92. The lowest BCUT2D eigenvalue weighted by atomic mass is 9.92. The van der Waals surface area contributed by atoms with E-state index in [2.05, 4.69) is 38.2 Å². The maximum Gasteiger partial charge on any atom is 0.131 e. The molecule has 21 heavy (non-hydrogen) atoms. The second-order valence-electron chi connectivity index (χ2n) is 6.12. The Labute approximate surface area is 127 Å². The second-order valence-corrected chi connectivity index (χ2v) is 6.12. The van der Waals surface area contributed by atoms with Crippen molar-refractivity contribution in [2.75, 3.05) is 0 Å². The van der Waals surface area contributed by atoms with Gasteiger partial charge in [0.05, 0.1) is 0 Å². The average molecular weight is 285 g/mol. The van der Waals surface area contributed by atoms with Crippen LogP contribution in [0.15, 0.2) is 30.3 Å². The van der Waals surface area contributed by atoms with Crippen molar-refractivity contribution >= 4 is 0 Å². The van der Waals surface area contributed by atoms with Gasteiger partial charge in [-0.25, -0.2) is 4.39 Å². The predicted molar refractivity (Wildman–Crippen MR) is 88.0 cm³/mol. The molecule has 0 unspecified atom stereocenters. The van der Waals surface area contributed by atoms with Gasteiger partial charge in [0, 0.05) is 18.2 Å². The summed E-state index contributed by atoms with van der Waals surface area (Å²) in [5.41, 5.74) is 6.30. The van der Waals surface area contributed by atoms with Crippen molar-refractivity contribution in [2.24, 2.45) is 0 Å². The molecule has 1 nitrogen and oxygen atoms in total. The van der Waals surface area contributed by atoms with Crippen LogP contribution in [0.25, 0.3) is 11.1 Å². The zero-order valence-corrected chi connectivity index (χ0v) is 13.5. The molecule has 0 heterocycles. The van der Waals surface area contributed by atoms with Crippen molar-refractivity contribution in [3.8, 4) is 11.1 Å². The van der Waals surface area contributed by atoms with Gasteiger partial charge in [0.2, 0.25) is 0 Å². The summed E-state index contributed by atoms with van der Waals surface area (Å²) in [6.45, 7) is 11.1. The van der Waals surface area contributed by atoms with E-state index < -0.39 is 0 Å². The quantitative estimate of drug-likeness (QED) is 0.841. The highest BCUT2D eigenvalue weighted by Gasteiger charge is 2.12. The second kappa shape index (κ2) is 6.40. The summed E-state index contributed by atoms with van der Waals surface area (Å²) < 4.78 is 14.3. The minimum atomic E-state index is -0.154. The Kier molecular flexibility index (Phi) is 4.79. The van der Waals surface area contributed by atoms with Gasteiger partial charge in [-0.05, 0) is 55.2 Å². The van der Waals surface area contributed by atoms with Gasteiger partial charge in [-0.1, -0.05) is 37.6 Å². The van der Waals surface area contributed by atoms with E-state index in [1.807, 2.05) is 26.0 Å². The van der Waals surface area contributed by atoms with E-state index in [0.29, 0.717) is 11.6 Å². The molecule has 0 atom stereocenters. The van der Waals surface area contributed by atoms with Crippen LogP contribution in [-0.4, -0.2) is 6.04 Å². The molecule has 0 saturated heterocycles. The number of aryl methyl sites for hydroxylation is 3. The van der Waals surface area contributed by atoms with Crippen molar-refractivity contribution in [3.05, 3.63) is 58.4 Å². The highest BCUT2D eigenvalue weighted by atomic mass is 19.1. The molecule has 0 radical (unpaired) electrons.